The first kappa shape index (κ1) is 10.1. The summed E-state index contributed by atoms with van der Waals surface area (Å²) in [5.74, 6) is 0. The minimum atomic E-state index is 1.01. The molecule has 84 valence electrons. The van der Waals surface area contributed by atoms with E-state index in [1.54, 1.807) is 0 Å². The van der Waals surface area contributed by atoms with E-state index in [1.165, 1.54) is 5.57 Å². The van der Waals surface area contributed by atoms with Crippen LogP contribution in [0.2, 0.25) is 0 Å². The monoisotopic (exact) mass is 222 g/mol. The molecular weight excluding hydrogens is 208 g/mol. The van der Waals surface area contributed by atoms with Crippen molar-refractivity contribution in [1.82, 2.24) is 10.2 Å². The Morgan fingerprint density at radius 1 is 1.12 bits per heavy atom. The number of nitrogens with zero attached hydrogens (tertiary/aromatic N) is 1. The molecule has 0 amide bonds. The lowest BCUT2D eigenvalue weighted by Gasteiger charge is -2.05. The van der Waals surface area contributed by atoms with Gasteiger partial charge < -0.3 is 0 Å². The zero-order valence-electron chi connectivity index (χ0n) is 9.56. The average molecular weight is 222 g/mol. The van der Waals surface area contributed by atoms with Crippen molar-refractivity contribution >= 4 is 5.57 Å². The average Bonchev–Trinajstić information content (AvgIpc) is 2.90. The number of nitrogens with one attached hydrogen (secondary N) is 1. The number of hydrogen-bond acceptors (Lipinski definition) is 1. The first-order chi connectivity index (χ1) is 8.43. The van der Waals surface area contributed by atoms with Crippen LogP contribution in [0.4, 0.5) is 0 Å². The molecule has 1 aliphatic carbocycles. The van der Waals surface area contributed by atoms with Crippen LogP contribution < -0.4 is 0 Å². The van der Waals surface area contributed by atoms with Crippen molar-refractivity contribution in [1.29, 1.82) is 0 Å². The van der Waals surface area contributed by atoms with Crippen molar-refractivity contribution in [3.63, 3.8) is 0 Å². The van der Waals surface area contributed by atoms with Gasteiger partial charge in [-0.1, -0.05) is 48.6 Å². The number of aromatic nitrogens is 2. The molecule has 1 N–H and O–H groups in total. The molecule has 0 saturated heterocycles. The summed E-state index contributed by atoms with van der Waals surface area (Å²) in [6, 6.07) is 12.4. The molecular formula is C15H14N2. The molecule has 2 aromatic rings. The molecule has 1 aromatic heterocycles. The van der Waals surface area contributed by atoms with E-state index in [-0.39, 0.29) is 0 Å². The number of rotatable bonds is 2. The Hall–Kier alpha value is -2.09. The van der Waals surface area contributed by atoms with E-state index in [2.05, 4.69) is 46.6 Å². The molecule has 2 heteroatoms. The quantitative estimate of drug-likeness (QED) is 0.822. The maximum absolute atomic E-state index is 4.37. The second-order valence-corrected chi connectivity index (χ2v) is 4.19. The zero-order valence-corrected chi connectivity index (χ0v) is 9.56. The summed E-state index contributed by atoms with van der Waals surface area (Å²) in [5.41, 5.74) is 4.63. The second-order valence-electron chi connectivity index (χ2n) is 4.19. The molecule has 17 heavy (non-hydrogen) atoms. The normalized spacial score (nSPS) is 14.7. The largest absolute Gasteiger partial charge is 0.278 e. The maximum Gasteiger partial charge on any atom is 0.0927 e. The van der Waals surface area contributed by atoms with Crippen LogP contribution in [0, 0.1) is 0 Å². The minimum Gasteiger partial charge on any atom is -0.278 e. The van der Waals surface area contributed by atoms with Crippen LogP contribution in [0.5, 0.6) is 0 Å². The Bertz CT molecular complexity index is 562. The molecule has 0 atom stereocenters. The minimum absolute atomic E-state index is 1.01. The summed E-state index contributed by atoms with van der Waals surface area (Å²) in [6.45, 7) is 0. The summed E-state index contributed by atoms with van der Waals surface area (Å²) < 4.78 is 0. The number of H-pyrrole nitrogens is 1. The van der Waals surface area contributed by atoms with Gasteiger partial charge in [0.15, 0.2) is 0 Å². The first-order valence-corrected chi connectivity index (χ1v) is 5.90. The van der Waals surface area contributed by atoms with Crippen molar-refractivity contribution in [3.8, 4) is 11.3 Å². The van der Waals surface area contributed by atoms with Gasteiger partial charge in [-0.05, 0) is 24.5 Å². The summed E-state index contributed by atoms with van der Waals surface area (Å²) >= 11 is 0. The lowest BCUT2D eigenvalue weighted by Crippen LogP contribution is -1.87. The lowest BCUT2D eigenvalue weighted by molar-refractivity contribution is 1.01. The summed E-state index contributed by atoms with van der Waals surface area (Å²) in [4.78, 5) is 0. The molecule has 0 saturated carbocycles. The number of benzene rings is 1. The van der Waals surface area contributed by atoms with E-state index in [9.17, 15) is 0 Å². The molecule has 1 aliphatic rings. The van der Waals surface area contributed by atoms with Crippen LogP contribution in [-0.4, -0.2) is 10.2 Å². The van der Waals surface area contributed by atoms with Crippen molar-refractivity contribution in [2.75, 3.05) is 0 Å². The fourth-order valence-corrected chi connectivity index (χ4v) is 2.07. The fraction of sp³-hybridized carbons (Fsp3) is 0.133. The molecule has 0 radical (unpaired) electrons. The Morgan fingerprint density at radius 3 is 2.76 bits per heavy atom. The topological polar surface area (TPSA) is 28.7 Å². The lowest BCUT2D eigenvalue weighted by atomic mass is 10.0. The predicted octanol–water partition coefficient (Wildman–Crippen LogP) is 3.81. The van der Waals surface area contributed by atoms with Gasteiger partial charge in [-0.25, -0.2) is 0 Å². The Morgan fingerprint density at radius 2 is 2.00 bits per heavy atom. The van der Waals surface area contributed by atoms with E-state index in [0.29, 0.717) is 0 Å². The van der Waals surface area contributed by atoms with E-state index >= 15 is 0 Å². The molecule has 3 rings (SSSR count). The third-order valence-corrected chi connectivity index (χ3v) is 3.01. The van der Waals surface area contributed by atoms with Gasteiger partial charge >= 0.3 is 0 Å². The highest BCUT2D eigenvalue weighted by molar-refractivity contribution is 5.70. The summed E-state index contributed by atoms with van der Waals surface area (Å²) in [7, 11) is 0. The van der Waals surface area contributed by atoms with E-state index in [1.807, 2.05) is 18.2 Å². The van der Waals surface area contributed by atoms with Gasteiger partial charge in [0.25, 0.3) is 0 Å². The van der Waals surface area contributed by atoms with Crippen molar-refractivity contribution in [2.24, 2.45) is 0 Å². The molecule has 2 nitrogen and oxygen atoms in total. The molecule has 0 unspecified atom stereocenters. The smallest absolute Gasteiger partial charge is 0.0927 e. The third kappa shape index (κ3) is 2.07. The Labute approximate surface area is 101 Å². The predicted molar refractivity (Wildman–Crippen MR) is 70.4 cm³/mol. The second kappa shape index (κ2) is 4.42. The highest BCUT2D eigenvalue weighted by atomic mass is 15.1. The molecule has 0 aliphatic heterocycles. The van der Waals surface area contributed by atoms with Gasteiger partial charge in [-0.3, -0.25) is 5.10 Å². The molecule has 1 aromatic carbocycles. The standard InChI is InChI=1S/C15H14N2/c1-3-7-12(8-4-1)14-11-15(17-16-14)13-9-5-2-6-10-13/h1-5,7-9,11H,6,10H2,(H,16,17). The van der Waals surface area contributed by atoms with Crippen LogP contribution in [0.3, 0.4) is 0 Å². The van der Waals surface area contributed by atoms with Crippen molar-refractivity contribution in [3.05, 3.63) is 60.3 Å². The van der Waals surface area contributed by atoms with Crippen molar-refractivity contribution in [2.45, 2.75) is 12.8 Å². The zero-order chi connectivity index (χ0) is 11.5. The summed E-state index contributed by atoms with van der Waals surface area (Å²) in [5, 5.41) is 7.49. The van der Waals surface area contributed by atoms with Crippen LogP contribution in [0.25, 0.3) is 16.8 Å². The molecule has 0 fully saturated rings. The number of allylic oxidation sites excluding steroid dienone is 4. The van der Waals surface area contributed by atoms with Crippen LogP contribution in [-0.2, 0) is 0 Å². The Balaban J connectivity index is 1.93. The first-order valence-electron chi connectivity index (χ1n) is 5.90. The van der Waals surface area contributed by atoms with Crippen LogP contribution >= 0.6 is 0 Å². The maximum atomic E-state index is 4.37. The van der Waals surface area contributed by atoms with Gasteiger partial charge in [-0.2, -0.15) is 5.10 Å². The molecule has 1 heterocycles. The van der Waals surface area contributed by atoms with Gasteiger partial charge in [0.1, 0.15) is 0 Å². The van der Waals surface area contributed by atoms with Gasteiger partial charge in [0.2, 0.25) is 0 Å². The van der Waals surface area contributed by atoms with E-state index < -0.39 is 0 Å². The number of aromatic amines is 1. The summed E-state index contributed by atoms with van der Waals surface area (Å²) in [6.07, 6.45) is 8.67. The molecule has 0 spiro atoms. The fourth-order valence-electron chi connectivity index (χ4n) is 2.07. The highest BCUT2D eigenvalue weighted by Gasteiger charge is 2.08. The van der Waals surface area contributed by atoms with E-state index in [4.69, 9.17) is 0 Å². The van der Waals surface area contributed by atoms with Gasteiger partial charge in [0, 0.05) is 5.56 Å². The molecule has 0 bridgehead atoms. The highest BCUT2D eigenvalue weighted by Crippen LogP contribution is 2.25. The van der Waals surface area contributed by atoms with Crippen LogP contribution in [0.1, 0.15) is 18.5 Å². The van der Waals surface area contributed by atoms with E-state index in [0.717, 1.165) is 29.8 Å². The van der Waals surface area contributed by atoms with Gasteiger partial charge in [0.05, 0.1) is 11.4 Å². The SMILES string of the molecule is C1=CCCC(c2cc(-c3ccccc3)n[nH]2)=C1. The third-order valence-electron chi connectivity index (χ3n) is 3.01. The number of hydrogen-bond donors (Lipinski definition) is 1. The van der Waals surface area contributed by atoms with Gasteiger partial charge in [-0.15, -0.1) is 0 Å². The van der Waals surface area contributed by atoms with Crippen LogP contribution in [0.15, 0.2) is 54.6 Å². The van der Waals surface area contributed by atoms with Crippen molar-refractivity contribution < 1.29 is 0 Å². The Kier molecular flexibility index (Phi) is 2.62.